The molecule has 2 heterocycles. The number of halogens is 1. The predicted molar refractivity (Wildman–Crippen MR) is 63.0 cm³/mol. The van der Waals surface area contributed by atoms with Gasteiger partial charge in [0, 0.05) is 32.5 Å². The Bertz CT molecular complexity index is 449. The number of aryl methyl sites for hydroxylation is 1. The number of nitrogens with zero attached hydrogens (tertiary/aromatic N) is 3. The first-order valence-electron chi connectivity index (χ1n) is 5.04. The Morgan fingerprint density at radius 1 is 1.31 bits per heavy atom. The number of aromatic nitrogens is 3. The van der Waals surface area contributed by atoms with E-state index in [0.717, 1.165) is 24.3 Å². The molecule has 2 aromatic rings. The summed E-state index contributed by atoms with van der Waals surface area (Å²) in [5.74, 6) is 0. The third-order valence-corrected chi connectivity index (χ3v) is 2.42. The van der Waals surface area contributed by atoms with Gasteiger partial charge in [-0.05, 0) is 17.7 Å². The summed E-state index contributed by atoms with van der Waals surface area (Å²) in [7, 11) is 1.91. The van der Waals surface area contributed by atoms with Crippen LogP contribution in [0, 0.1) is 0 Å². The van der Waals surface area contributed by atoms with Crippen LogP contribution in [0.3, 0.4) is 0 Å². The lowest BCUT2D eigenvalue weighted by molar-refractivity contribution is 0.655. The Hall–Kier alpha value is -1.39. The molecule has 0 saturated carbocycles. The van der Waals surface area contributed by atoms with Gasteiger partial charge in [0.05, 0.1) is 5.69 Å². The van der Waals surface area contributed by atoms with Gasteiger partial charge in [-0.3, -0.25) is 4.68 Å². The van der Waals surface area contributed by atoms with Crippen LogP contribution < -0.4 is 5.32 Å². The zero-order valence-corrected chi connectivity index (χ0v) is 9.78. The van der Waals surface area contributed by atoms with Gasteiger partial charge >= 0.3 is 0 Å². The number of rotatable bonds is 4. The Labute approximate surface area is 99.3 Å². The maximum Gasteiger partial charge on any atom is 0.129 e. The Morgan fingerprint density at radius 2 is 2.19 bits per heavy atom. The smallest absolute Gasteiger partial charge is 0.129 e. The highest BCUT2D eigenvalue weighted by molar-refractivity contribution is 6.29. The molecule has 16 heavy (non-hydrogen) atoms. The van der Waals surface area contributed by atoms with Gasteiger partial charge in [-0.2, -0.15) is 5.10 Å². The summed E-state index contributed by atoms with van der Waals surface area (Å²) in [4.78, 5) is 4.01. The maximum absolute atomic E-state index is 5.70. The highest BCUT2D eigenvalue weighted by Gasteiger charge is 1.97. The summed E-state index contributed by atoms with van der Waals surface area (Å²) >= 11 is 5.70. The average molecular weight is 237 g/mol. The Morgan fingerprint density at radius 3 is 2.81 bits per heavy atom. The van der Waals surface area contributed by atoms with E-state index in [-0.39, 0.29) is 0 Å². The third-order valence-electron chi connectivity index (χ3n) is 2.19. The molecule has 5 heteroatoms. The maximum atomic E-state index is 5.70. The van der Waals surface area contributed by atoms with E-state index in [4.69, 9.17) is 11.6 Å². The molecule has 2 aromatic heterocycles. The van der Waals surface area contributed by atoms with Crippen molar-refractivity contribution in [1.29, 1.82) is 0 Å². The lowest BCUT2D eigenvalue weighted by Gasteiger charge is -2.02. The summed E-state index contributed by atoms with van der Waals surface area (Å²) in [6.45, 7) is 1.52. The van der Waals surface area contributed by atoms with Crippen LogP contribution in [0.1, 0.15) is 11.3 Å². The van der Waals surface area contributed by atoms with Crippen molar-refractivity contribution < 1.29 is 0 Å². The molecule has 0 aliphatic rings. The molecule has 0 aromatic carbocycles. The molecule has 0 unspecified atom stereocenters. The van der Waals surface area contributed by atoms with Crippen molar-refractivity contribution in [3.8, 4) is 0 Å². The molecule has 1 N–H and O–H groups in total. The SMILES string of the molecule is Cn1ccc(CNCc2ccc(Cl)nc2)n1. The van der Waals surface area contributed by atoms with E-state index >= 15 is 0 Å². The predicted octanol–water partition coefficient (Wildman–Crippen LogP) is 1.76. The summed E-state index contributed by atoms with van der Waals surface area (Å²) < 4.78 is 1.79. The highest BCUT2D eigenvalue weighted by Crippen LogP contribution is 2.05. The molecular formula is C11H13ClN4. The molecule has 2 rings (SSSR count). The van der Waals surface area contributed by atoms with Crippen LogP contribution in [0.4, 0.5) is 0 Å². The molecule has 0 spiro atoms. The minimum atomic E-state index is 0.522. The molecule has 0 fully saturated rings. The number of hydrogen-bond donors (Lipinski definition) is 1. The first-order chi connectivity index (χ1) is 7.74. The van der Waals surface area contributed by atoms with Crippen molar-refractivity contribution in [2.24, 2.45) is 7.05 Å². The molecule has 84 valence electrons. The summed E-state index contributed by atoms with van der Waals surface area (Å²) in [6, 6.07) is 5.74. The molecule has 0 aliphatic carbocycles. The monoisotopic (exact) mass is 236 g/mol. The van der Waals surface area contributed by atoms with Gasteiger partial charge < -0.3 is 5.32 Å². The van der Waals surface area contributed by atoms with E-state index in [1.165, 1.54) is 0 Å². The Balaban J connectivity index is 1.82. The normalized spacial score (nSPS) is 10.6. The van der Waals surface area contributed by atoms with Crippen LogP contribution in [-0.4, -0.2) is 14.8 Å². The molecule has 0 bridgehead atoms. The number of nitrogens with one attached hydrogen (secondary N) is 1. The van der Waals surface area contributed by atoms with Gasteiger partial charge in [-0.1, -0.05) is 17.7 Å². The van der Waals surface area contributed by atoms with E-state index in [9.17, 15) is 0 Å². The van der Waals surface area contributed by atoms with Gasteiger partial charge in [0.15, 0.2) is 0 Å². The summed E-state index contributed by atoms with van der Waals surface area (Å²) in [5, 5.41) is 8.09. The van der Waals surface area contributed by atoms with Gasteiger partial charge in [0.25, 0.3) is 0 Å². The standard InChI is InChI=1S/C11H13ClN4/c1-16-5-4-10(15-16)8-13-6-9-2-3-11(12)14-7-9/h2-5,7,13H,6,8H2,1H3. The van der Waals surface area contributed by atoms with Crippen molar-refractivity contribution in [3.05, 3.63) is 47.0 Å². The van der Waals surface area contributed by atoms with Crippen molar-refractivity contribution >= 4 is 11.6 Å². The average Bonchev–Trinajstić information content (AvgIpc) is 2.67. The van der Waals surface area contributed by atoms with Gasteiger partial charge in [-0.15, -0.1) is 0 Å². The lowest BCUT2D eigenvalue weighted by Crippen LogP contribution is -2.13. The molecular weight excluding hydrogens is 224 g/mol. The van der Waals surface area contributed by atoms with E-state index < -0.39 is 0 Å². The molecule has 0 atom stereocenters. The van der Waals surface area contributed by atoms with Crippen LogP contribution in [0.15, 0.2) is 30.6 Å². The van der Waals surface area contributed by atoms with E-state index in [0.29, 0.717) is 5.15 Å². The second-order valence-corrected chi connectivity index (χ2v) is 3.96. The second kappa shape index (κ2) is 5.09. The van der Waals surface area contributed by atoms with Crippen molar-refractivity contribution in [3.63, 3.8) is 0 Å². The van der Waals surface area contributed by atoms with Crippen molar-refractivity contribution in [2.75, 3.05) is 0 Å². The second-order valence-electron chi connectivity index (χ2n) is 3.57. The van der Waals surface area contributed by atoms with Crippen LogP contribution in [-0.2, 0) is 20.1 Å². The largest absolute Gasteiger partial charge is 0.307 e. The lowest BCUT2D eigenvalue weighted by atomic mass is 10.3. The fraction of sp³-hybridized carbons (Fsp3) is 0.273. The zero-order chi connectivity index (χ0) is 11.4. The van der Waals surface area contributed by atoms with E-state index in [2.05, 4.69) is 15.4 Å². The number of pyridine rings is 1. The van der Waals surface area contributed by atoms with Crippen molar-refractivity contribution in [2.45, 2.75) is 13.1 Å². The van der Waals surface area contributed by atoms with E-state index in [1.54, 1.807) is 16.9 Å². The van der Waals surface area contributed by atoms with Gasteiger partial charge in [0.1, 0.15) is 5.15 Å². The summed E-state index contributed by atoms with van der Waals surface area (Å²) in [6.07, 6.45) is 3.70. The van der Waals surface area contributed by atoms with E-state index in [1.807, 2.05) is 25.4 Å². The van der Waals surface area contributed by atoms with Crippen LogP contribution in [0.2, 0.25) is 5.15 Å². The summed E-state index contributed by atoms with van der Waals surface area (Å²) in [5.41, 5.74) is 2.14. The topological polar surface area (TPSA) is 42.7 Å². The third kappa shape index (κ3) is 3.05. The molecule has 0 amide bonds. The van der Waals surface area contributed by atoms with Gasteiger partial charge in [0.2, 0.25) is 0 Å². The first-order valence-corrected chi connectivity index (χ1v) is 5.41. The molecule has 4 nitrogen and oxygen atoms in total. The molecule has 0 radical (unpaired) electrons. The van der Waals surface area contributed by atoms with Crippen LogP contribution >= 0.6 is 11.6 Å². The quantitative estimate of drug-likeness (QED) is 0.823. The zero-order valence-electron chi connectivity index (χ0n) is 9.02. The fourth-order valence-corrected chi connectivity index (χ4v) is 1.52. The fourth-order valence-electron chi connectivity index (χ4n) is 1.40. The highest BCUT2D eigenvalue weighted by atomic mass is 35.5. The van der Waals surface area contributed by atoms with Crippen LogP contribution in [0.5, 0.6) is 0 Å². The first kappa shape index (κ1) is 11.1. The van der Waals surface area contributed by atoms with Crippen LogP contribution in [0.25, 0.3) is 0 Å². The van der Waals surface area contributed by atoms with Gasteiger partial charge in [-0.25, -0.2) is 4.98 Å². The molecule has 0 saturated heterocycles. The minimum absolute atomic E-state index is 0.522. The Kier molecular flexibility index (Phi) is 3.54. The number of hydrogen-bond acceptors (Lipinski definition) is 3. The van der Waals surface area contributed by atoms with Crippen molar-refractivity contribution in [1.82, 2.24) is 20.1 Å². The molecule has 0 aliphatic heterocycles. The minimum Gasteiger partial charge on any atom is -0.307 e.